The van der Waals surface area contributed by atoms with Crippen molar-refractivity contribution in [1.82, 2.24) is 14.9 Å². The second-order valence-electron chi connectivity index (χ2n) is 4.65. The first-order valence-corrected chi connectivity index (χ1v) is 5.96. The normalized spacial score (nSPS) is 11.1. The Morgan fingerprint density at radius 1 is 1.06 bits per heavy atom. The number of nitrogens with zero attached hydrogens (tertiary/aromatic N) is 4. The molecular weight excluding hydrogens is 226 g/mol. The molecule has 0 saturated carbocycles. The van der Waals surface area contributed by atoms with Gasteiger partial charge >= 0.3 is 0 Å². The van der Waals surface area contributed by atoms with E-state index in [-0.39, 0.29) is 0 Å². The van der Waals surface area contributed by atoms with Crippen molar-refractivity contribution in [2.45, 2.75) is 0 Å². The van der Waals surface area contributed by atoms with Crippen molar-refractivity contribution in [3.05, 3.63) is 24.3 Å². The lowest BCUT2D eigenvalue weighted by Crippen LogP contribution is -2.29. The number of nitrogens with two attached hydrogens (primary N) is 1. The van der Waals surface area contributed by atoms with Gasteiger partial charge in [0.2, 0.25) is 5.95 Å². The monoisotopic (exact) mass is 245 g/mol. The molecule has 0 radical (unpaired) electrons. The SMILES string of the molecule is CN(C)CCN(C)c1nc(N)nc2ccccc12. The van der Waals surface area contributed by atoms with Crippen LogP contribution in [0.1, 0.15) is 0 Å². The Balaban J connectivity index is 2.36. The van der Waals surface area contributed by atoms with Crippen molar-refractivity contribution >= 4 is 22.7 Å². The summed E-state index contributed by atoms with van der Waals surface area (Å²) < 4.78 is 0. The van der Waals surface area contributed by atoms with Crippen molar-refractivity contribution in [2.75, 3.05) is 44.9 Å². The summed E-state index contributed by atoms with van der Waals surface area (Å²) in [7, 11) is 6.14. The highest BCUT2D eigenvalue weighted by Gasteiger charge is 2.10. The van der Waals surface area contributed by atoms with E-state index in [1.807, 2.05) is 31.3 Å². The summed E-state index contributed by atoms with van der Waals surface area (Å²) in [5.74, 6) is 1.21. The van der Waals surface area contributed by atoms with Gasteiger partial charge in [0.05, 0.1) is 5.52 Å². The van der Waals surface area contributed by atoms with Gasteiger partial charge in [-0.2, -0.15) is 4.98 Å². The lowest BCUT2D eigenvalue weighted by atomic mass is 10.2. The van der Waals surface area contributed by atoms with Crippen LogP contribution in [-0.4, -0.2) is 49.1 Å². The molecule has 0 aliphatic carbocycles. The zero-order chi connectivity index (χ0) is 13.1. The van der Waals surface area contributed by atoms with Crippen molar-refractivity contribution in [3.63, 3.8) is 0 Å². The molecular formula is C13H19N5. The van der Waals surface area contributed by atoms with Crippen molar-refractivity contribution in [3.8, 4) is 0 Å². The molecule has 0 spiro atoms. The van der Waals surface area contributed by atoms with Crippen molar-refractivity contribution < 1.29 is 0 Å². The highest BCUT2D eigenvalue weighted by atomic mass is 15.2. The fraction of sp³-hybridized carbons (Fsp3) is 0.385. The molecule has 0 saturated heterocycles. The first-order chi connectivity index (χ1) is 8.58. The zero-order valence-electron chi connectivity index (χ0n) is 11.1. The molecule has 1 aromatic carbocycles. The van der Waals surface area contributed by atoms with Crippen molar-refractivity contribution in [2.24, 2.45) is 0 Å². The van der Waals surface area contributed by atoms with E-state index in [9.17, 15) is 0 Å². The van der Waals surface area contributed by atoms with E-state index in [1.54, 1.807) is 0 Å². The molecule has 0 bridgehead atoms. The summed E-state index contributed by atoms with van der Waals surface area (Å²) in [5.41, 5.74) is 6.64. The highest BCUT2D eigenvalue weighted by molar-refractivity contribution is 5.90. The molecule has 18 heavy (non-hydrogen) atoms. The average Bonchev–Trinajstić information content (AvgIpc) is 2.34. The smallest absolute Gasteiger partial charge is 0.222 e. The Kier molecular flexibility index (Phi) is 3.62. The number of anilines is 2. The van der Waals surface area contributed by atoms with Gasteiger partial charge in [-0.3, -0.25) is 0 Å². The predicted octanol–water partition coefficient (Wildman–Crippen LogP) is 1.21. The molecule has 2 N–H and O–H groups in total. The number of para-hydroxylation sites is 1. The number of benzene rings is 1. The lowest BCUT2D eigenvalue weighted by molar-refractivity contribution is 0.416. The molecule has 5 heteroatoms. The van der Waals surface area contributed by atoms with Crippen LogP contribution in [0.15, 0.2) is 24.3 Å². The van der Waals surface area contributed by atoms with Gasteiger partial charge < -0.3 is 15.5 Å². The Hall–Kier alpha value is -1.88. The van der Waals surface area contributed by atoms with Crippen LogP contribution in [-0.2, 0) is 0 Å². The van der Waals surface area contributed by atoms with E-state index in [0.717, 1.165) is 29.8 Å². The molecule has 0 aliphatic heterocycles. The maximum Gasteiger partial charge on any atom is 0.222 e. The van der Waals surface area contributed by atoms with Crippen LogP contribution in [0.3, 0.4) is 0 Å². The molecule has 5 nitrogen and oxygen atoms in total. The minimum absolute atomic E-state index is 0.320. The highest BCUT2D eigenvalue weighted by Crippen LogP contribution is 2.23. The van der Waals surface area contributed by atoms with Crippen LogP contribution in [0.5, 0.6) is 0 Å². The second-order valence-corrected chi connectivity index (χ2v) is 4.65. The molecule has 1 heterocycles. The maximum absolute atomic E-state index is 5.76. The van der Waals surface area contributed by atoms with Crippen LogP contribution in [0.2, 0.25) is 0 Å². The largest absolute Gasteiger partial charge is 0.368 e. The van der Waals surface area contributed by atoms with Crippen LogP contribution in [0.25, 0.3) is 10.9 Å². The Morgan fingerprint density at radius 2 is 1.78 bits per heavy atom. The van der Waals surface area contributed by atoms with Gasteiger partial charge in [-0.25, -0.2) is 4.98 Å². The molecule has 0 amide bonds. The van der Waals surface area contributed by atoms with Crippen LogP contribution in [0, 0.1) is 0 Å². The van der Waals surface area contributed by atoms with E-state index < -0.39 is 0 Å². The standard InChI is InChI=1S/C13H19N5/c1-17(2)8-9-18(3)12-10-6-4-5-7-11(10)15-13(14)16-12/h4-7H,8-9H2,1-3H3,(H2,14,15,16). The fourth-order valence-corrected chi connectivity index (χ4v) is 1.82. The van der Waals surface area contributed by atoms with E-state index in [1.165, 1.54) is 0 Å². The van der Waals surface area contributed by atoms with Crippen molar-refractivity contribution in [1.29, 1.82) is 0 Å². The van der Waals surface area contributed by atoms with Crippen LogP contribution < -0.4 is 10.6 Å². The molecule has 0 aliphatic rings. The number of likely N-dealkylation sites (N-methyl/N-ethyl adjacent to an activating group) is 2. The average molecular weight is 245 g/mol. The first-order valence-electron chi connectivity index (χ1n) is 5.96. The molecule has 2 rings (SSSR count). The van der Waals surface area contributed by atoms with Gasteiger partial charge in [-0.05, 0) is 26.2 Å². The van der Waals surface area contributed by atoms with Gasteiger partial charge in [0, 0.05) is 25.5 Å². The molecule has 0 unspecified atom stereocenters. The molecule has 1 aromatic heterocycles. The maximum atomic E-state index is 5.76. The van der Waals surface area contributed by atoms with E-state index >= 15 is 0 Å². The summed E-state index contributed by atoms with van der Waals surface area (Å²) >= 11 is 0. The Bertz CT molecular complexity index is 538. The summed E-state index contributed by atoms with van der Waals surface area (Å²) in [5, 5.41) is 1.04. The van der Waals surface area contributed by atoms with Crippen LogP contribution in [0.4, 0.5) is 11.8 Å². The Labute approximate surface area is 107 Å². The molecule has 2 aromatic rings. The Morgan fingerprint density at radius 3 is 2.50 bits per heavy atom. The quantitative estimate of drug-likeness (QED) is 0.877. The predicted molar refractivity (Wildman–Crippen MR) is 75.8 cm³/mol. The minimum Gasteiger partial charge on any atom is -0.368 e. The number of hydrogen-bond donors (Lipinski definition) is 1. The number of fused-ring (bicyclic) bond motifs is 1. The third-order valence-electron chi connectivity index (χ3n) is 2.84. The topological polar surface area (TPSA) is 58.3 Å². The number of rotatable bonds is 4. The summed E-state index contributed by atoms with van der Waals surface area (Å²) in [6.07, 6.45) is 0. The third-order valence-corrected chi connectivity index (χ3v) is 2.84. The van der Waals surface area contributed by atoms with Gasteiger partial charge in [-0.15, -0.1) is 0 Å². The van der Waals surface area contributed by atoms with Gasteiger partial charge in [0.25, 0.3) is 0 Å². The summed E-state index contributed by atoms with van der Waals surface area (Å²) in [6, 6.07) is 7.93. The number of aromatic nitrogens is 2. The lowest BCUT2D eigenvalue weighted by Gasteiger charge is -2.21. The van der Waals surface area contributed by atoms with E-state index in [2.05, 4.69) is 33.9 Å². The first kappa shape index (κ1) is 12.6. The summed E-state index contributed by atoms with van der Waals surface area (Å²) in [6.45, 7) is 1.86. The minimum atomic E-state index is 0.320. The summed E-state index contributed by atoms with van der Waals surface area (Å²) in [4.78, 5) is 12.9. The van der Waals surface area contributed by atoms with Gasteiger partial charge in [0.15, 0.2) is 0 Å². The number of hydrogen-bond acceptors (Lipinski definition) is 5. The molecule has 0 fully saturated rings. The molecule has 96 valence electrons. The fourth-order valence-electron chi connectivity index (χ4n) is 1.82. The molecule has 0 atom stereocenters. The van der Waals surface area contributed by atoms with Crippen LogP contribution >= 0.6 is 0 Å². The number of nitrogen functional groups attached to an aromatic ring is 1. The second kappa shape index (κ2) is 5.18. The third kappa shape index (κ3) is 2.68. The van der Waals surface area contributed by atoms with Gasteiger partial charge in [0.1, 0.15) is 5.82 Å². The van der Waals surface area contributed by atoms with E-state index in [0.29, 0.717) is 5.95 Å². The van der Waals surface area contributed by atoms with E-state index in [4.69, 9.17) is 5.73 Å². The van der Waals surface area contributed by atoms with Gasteiger partial charge in [-0.1, -0.05) is 12.1 Å². The zero-order valence-corrected chi connectivity index (χ0v) is 11.1.